The Labute approximate surface area is 223 Å². The zero-order valence-electron chi connectivity index (χ0n) is 21.4. The fourth-order valence-corrected chi connectivity index (χ4v) is 5.95. The van der Waals surface area contributed by atoms with Crippen molar-refractivity contribution in [1.29, 1.82) is 0 Å². The molecule has 5 nitrogen and oxygen atoms in total. The van der Waals surface area contributed by atoms with E-state index in [0.29, 0.717) is 18.8 Å². The van der Waals surface area contributed by atoms with Gasteiger partial charge in [0.25, 0.3) is 0 Å². The van der Waals surface area contributed by atoms with E-state index in [-0.39, 0.29) is 5.78 Å². The van der Waals surface area contributed by atoms with Crippen molar-refractivity contribution >= 4 is 27.2 Å². The minimum absolute atomic E-state index is 0.0255. The van der Waals surface area contributed by atoms with Crippen molar-refractivity contribution < 1.29 is 14.3 Å². The Balaban J connectivity index is 1.34. The number of fused-ring (bicyclic) bond motifs is 1. The van der Waals surface area contributed by atoms with E-state index in [1.165, 1.54) is 25.9 Å². The summed E-state index contributed by atoms with van der Waals surface area (Å²) >= 11 is 1.66. The van der Waals surface area contributed by atoms with Gasteiger partial charge < -0.3 is 14.8 Å². The number of nitrogens with one attached hydrogen (secondary N) is 1. The average molecular weight is 515 g/mol. The van der Waals surface area contributed by atoms with E-state index in [4.69, 9.17) is 9.47 Å². The highest BCUT2D eigenvalue weighted by Gasteiger charge is 2.21. The van der Waals surface area contributed by atoms with Crippen molar-refractivity contribution in [2.75, 3.05) is 45.9 Å². The molecule has 1 aliphatic heterocycles. The first kappa shape index (κ1) is 25.5. The number of likely N-dealkylation sites (N-methyl/N-ethyl adjacent to an activating group) is 1. The molecule has 0 bridgehead atoms. The van der Waals surface area contributed by atoms with Gasteiger partial charge in [-0.3, -0.25) is 9.69 Å². The van der Waals surface area contributed by atoms with Gasteiger partial charge in [-0.05, 0) is 92.6 Å². The number of hydrogen-bond acceptors (Lipinski definition) is 6. The first-order chi connectivity index (χ1) is 18.2. The summed E-state index contributed by atoms with van der Waals surface area (Å²) in [5.74, 6) is 1.66. The van der Waals surface area contributed by atoms with Crippen LogP contribution >= 0.6 is 11.3 Å². The zero-order chi connectivity index (χ0) is 25.5. The van der Waals surface area contributed by atoms with Gasteiger partial charge in [0.05, 0.1) is 0 Å². The second-order valence-corrected chi connectivity index (χ2v) is 10.3. The van der Waals surface area contributed by atoms with Crippen LogP contribution in [0.1, 0.15) is 35.7 Å². The van der Waals surface area contributed by atoms with Crippen LogP contribution in [0.3, 0.4) is 0 Å². The maximum Gasteiger partial charge on any atom is 0.195 e. The van der Waals surface area contributed by atoms with Crippen LogP contribution in [0.15, 0.2) is 72.8 Å². The zero-order valence-corrected chi connectivity index (χ0v) is 22.2. The van der Waals surface area contributed by atoms with E-state index in [9.17, 15) is 4.79 Å². The summed E-state index contributed by atoms with van der Waals surface area (Å²) in [5, 5.41) is 4.23. The molecule has 0 amide bonds. The number of rotatable bonds is 12. The van der Waals surface area contributed by atoms with Crippen LogP contribution in [0.2, 0.25) is 0 Å². The number of likely N-dealkylation sites (tertiary alicyclic amines) is 1. The molecule has 1 N–H and O–H groups in total. The van der Waals surface area contributed by atoms with Crippen molar-refractivity contribution in [3.63, 3.8) is 0 Å². The van der Waals surface area contributed by atoms with Gasteiger partial charge >= 0.3 is 0 Å². The third kappa shape index (κ3) is 6.21. The van der Waals surface area contributed by atoms with E-state index < -0.39 is 0 Å². The molecule has 6 heteroatoms. The Bertz CT molecular complexity index is 1310. The van der Waals surface area contributed by atoms with Gasteiger partial charge in [-0.15, -0.1) is 11.3 Å². The van der Waals surface area contributed by atoms with Gasteiger partial charge in [0.1, 0.15) is 24.7 Å². The molecule has 1 aliphatic rings. The molecule has 0 radical (unpaired) electrons. The molecule has 0 atom stereocenters. The standard InChI is InChI=1S/C31H34N2O3S/c1-2-32-17-21-35-25-13-9-23(10-14-25)30(34)29-27-7-3-4-8-28(27)37-31(29)24-11-15-26(16-12-24)36-22-20-33-18-5-6-19-33/h3-4,7-16,32H,2,5-6,17-22H2,1H3. The molecule has 1 aromatic heterocycles. The largest absolute Gasteiger partial charge is 0.492 e. The summed E-state index contributed by atoms with van der Waals surface area (Å²) < 4.78 is 12.9. The fraction of sp³-hybridized carbons (Fsp3) is 0.323. The highest BCUT2D eigenvalue weighted by Crippen LogP contribution is 2.40. The van der Waals surface area contributed by atoms with E-state index in [1.807, 2.05) is 54.6 Å². The summed E-state index contributed by atoms with van der Waals surface area (Å²) in [5.41, 5.74) is 2.44. The lowest BCUT2D eigenvalue weighted by atomic mass is 9.97. The number of ether oxygens (including phenoxy) is 2. The lowest BCUT2D eigenvalue weighted by Gasteiger charge is -2.15. The van der Waals surface area contributed by atoms with Gasteiger partial charge in [0.2, 0.25) is 0 Å². The summed E-state index contributed by atoms with van der Waals surface area (Å²) in [6, 6.07) is 23.8. The van der Waals surface area contributed by atoms with Crippen molar-refractivity contribution in [2.24, 2.45) is 0 Å². The maximum absolute atomic E-state index is 13.8. The van der Waals surface area contributed by atoms with Crippen LogP contribution in [-0.2, 0) is 0 Å². The number of benzene rings is 3. The van der Waals surface area contributed by atoms with Gasteiger partial charge in [-0.25, -0.2) is 0 Å². The van der Waals surface area contributed by atoms with E-state index in [1.54, 1.807) is 11.3 Å². The van der Waals surface area contributed by atoms with E-state index in [2.05, 4.69) is 35.3 Å². The monoisotopic (exact) mass is 514 g/mol. The van der Waals surface area contributed by atoms with Crippen molar-refractivity contribution in [2.45, 2.75) is 19.8 Å². The van der Waals surface area contributed by atoms with Gasteiger partial charge in [-0.2, -0.15) is 0 Å². The Morgan fingerprint density at radius 2 is 1.57 bits per heavy atom. The Morgan fingerprint density at radius 1 is 0.892 bits per heavy atom. The van der Waals surface area contributed by atoms with Crippen molar-refractivity contribution in [3.8, 4) is 21.9 Å². The molecule has 0 saturated carbocycles. The smallest absolute Gasteiger partial charge is 0.195 e. The maximum atomic E-state index is 13.8. The minimum atomic E-state index is 0.0255. The Kier molecular flexibility index (Phi) is 8.51. The molecule has 0 unspecified atom stereocenters. The Morgan fingerprint density at radius 3 is 2.30 bits per heavy atom. The second kappa shape index (κ2) is 12.4. The molecular formula is C31H34N2O3S. The first-order valence-electron chi connectivity index (χ1n) is 13.2. The molecule has 5 rings (SSSR count). The van der Waals surface area contributed by atoms with Gasteiger partial charge in [0, 0.05) is 39.2 Å². The molecule has 192 valence electrons. The number of carbonyl (C=O) groups is 1. The SMILES string of the molecule is CCNCCOc1ccc(C(=O)c2c(-c3ccc(OCCN4CCCC4)cc3)sc3ccccc23)cc1. The van der Waals surface area contributed by atoms with Crippen LogP contribution in [0.5, 0.6) is 11.5 Å². The predicted octanol–water partition coefficient (Wildman–Crippen LogP) is 6.26. The molecule has 2 heterocycles. The third-order valence-electron chi connectivity index (χ3n) is 6.73. The number of hydrogen-bond donors (Lipinski definition) is 1. The highest BCUT2D eigenvalue weighted by atomic mass is 32.1. The van der Waals surface area contributed by atoms with Crippen LogP contribution < -0.4 is 14.8 Å². The number of nitrogens with zero attached hydrogens (tertiary/aromatic N) is 1. The van der Waals surface area contributed by atoms with Gasteiger partial charge in [-0.1, -0.05) is 25.1 Å². The Hall–Kier alpha value is -3.19. The molecule has 3 aromatic carbocycles. The number of carbonyl (C=O) groups excluding carboxylic acids is 1. The topological polar surface area (TPSA) is 50.8 Å². The highest BCUT2D eigenvalue weighted by molar-refractivity contribution is 7.22. The second-order valence-electron chi connectivity index (χ2n) is 9.28. The quantitative estimate of drug-likeness (QED) is 0.179. The molecule has 0 aliphatic carbocycles. The lowest BCUT2D eigenvalue weighted by molar-refractivity contribution is 0.104. The molecule has 1 fully saturated rings. The summed E-state index contributed by atoms with van der Waals surface area (Å²) in [7, 11) is 0. The van der Waals surface area contributed by atoms with Crippen LogP contribution in [-0.4, -0.2) is 56.6 Å². The molecule has 1 saturated heterocycles. The summed E-state index contributed by atoms with van der Waals surface area (Å²) in [4.78, 5) is 17.2. The summed E-state index contributed by atoms with van der Waals surface area (Å²) in [6.07, 6.45) is 2.58. The lowest BCUT2D eigenvalue weighted by Crippen LogP contribution is -2.25. The summed E-state index contributed by atoms with van der Waals surface area (Å²) in [6.45, 7) is 8.40. The van der Waals surface area contributed by atoms with Crippen LogP contribution in [0.4, 0.5) is 0 Å². The van der Waals surface area contributed by atoms with Gasteiger partial charge in [0.15, 0.2) is 5.78 Å². The molecule has 37 heavy (non-hydrogen) atoms. The fourth-order valence-electron chi connectivity index (χ4n) is 4.74. The number of thiophene rings is 1. The van der Waals surface area contributed by atoms with Crippen molar-refractivity contribution in [3.05, 3.63) is 83.9 Å². The van der Waals surface area contributed by atoms with Crippen molar-refractivity contribution in [1.82, 2.24) is 10.2 Å². The van der Waals surface area contributed by atoms with E-state index >= 15 is 0 Å². The molecule has 4 aromatic rings. The van der Waals surface area contributed by atoms with Crippen LogP contribution in [0, 0.1) is 0 Å². The average Bonchev–Trinajstić information content (AvgIpc) is 3.60. The van der Waals surface area contributed by atoms with E-state index in [0.717, 1.165) is 57.2 Å². The molecule has 0 spiro atoms. The molecular weight excluding hydrogens is 480 g/mol. The third-order valence-corrected chi connectivity index (χ3v) is 7.95. The first-order valence-corrected chi connectivity index (χ1v) is 14.0. The minimum Gasteiger partial charge on any atom is -0.492 e. The predicted molar refractivity (Wildman–Crippen MR) is 152 cm³/mol. The van der Waals surface area contributed by atoms with Crippen LogP contribution in [0.25, 0.3) is 20.5 Å². The number of ketones is 1. The normalized spacial score (nSPS) is 13.8.